The molecule has 0 saturated heterocycles. The third-order valence-electron chi connectivity index (χ3n) is 2.43. The Balaban J connectivity index is 2.20. The lowest BCUT2D eigenvalue weighted by atomic mass is 10.2. The molecule has 1 heterocycles. The van der Waals surface area contributed by atoms with Gasteiger partial charge in [0.25, 0.3) is 5.91 Å². The number of rotatable bonds is 2. The molecule has 0 bridgehead atoms. The monoisotopic (exact) mass is 235 g/mol. The standard InChI is InChI=1S/C13H17NO3/c1-9(2)14-13(15)10-4-5-11-12(8-10)17-7-3-6-16-11/h4-5,8-9H,3,6-7H2,1-2H3,(H,14,15). The van der Waals surface area contributed by atoms with E-state index in [-0.39, 0.29) is 11.9 Å². The minimum Gasteiger partial charge on any atom is -0.490 e. The molecular weight excluding hydrogens is 218 g/mol. The number of benzene rings is 1. The highest BCUT2D eigenvalue weighted by Crippen LogP contribution is 2.30. The molecule has 0 atom stereocenters. The summed E-state index contributed by atoms with van der Waals surface area (Å²) in [7, 11) is 0. The van der Waals surface area contributed by atoms with Crippen LogP contribution in [-0.2, 0) is 0 Å². The molecule has 1 aliphatic rings. The summed E-state index contributed by atoms with van der Waals surface area (Å²) in [5.74, 6) is 1.28. The van der Waals surface area contributed by atoms with Gasteiger partial charge in [-0.15, -0.1) is 0 Å². The van der Waals surface area contributed by atoms with Gasteiger partial charge in [0.1, 0.15) is 0 Å². The first kappa shape index (κ1) is 11.8. The first-order valence-corrected chi connectivity index (χ1v) is 5.87. The minimum absolute atomic E-state index is 0.0874. The maximum Gasteiger partial charge on any atom is 0.251 e. The number of nitrogens with one attached hydrogen (secondary N) is 1. The second-order valence-electron chi connectivity index (χ2n) is 4.34. The Labute approximate surface area is 101 Å². The maximum atomic E-state index is 11.8. The van der Waals surface area contributed by atoms with Gasteiger partial charge >= 0.3 is 0 Å². The Morgan fingerprint density at radius 3 is 2.65 bits per heavy atom. The summed E-state index contributed by atoms with van der Waals surface area (Å²) in [6, 6.07) is 5.40. The van der Waals surface area contributed by atoms with Crippen molar-refractivity contribution in [2.45, 2.75) is 26.3 Å². The normalized spacial score (nSPS) is 14.3. The minimum atomic E-state index is -0.0874. The van der Waals surface area contributed by atoms with E-state index in [4.69, 9.17) is 9.47 Å². The lowest BCUT2D eigenvalue weighted by Crippen LogP contribution is -2.30. The van der Waals surface area contributed by atoms with Crippen LogP contribution in [0.15, 0.2) is 18.2 Å². The Morgan fingerprint density at radius 2 is 1.94 bits per heavy atom. The van der Waals surface area contributed by atoms with Gasteiger partial charge in [-0.3, -0.25) is 4.79 Å². The fraction of sp³-hybridized carbons (Fsp3) is 0.462. The highest BCUT2D eigenvalue weighted by atomic mass is 16.5. The zero-order chi connectivity index (χ0) is 12.3. The molecule has 1 amide bonds. The number of carbonyl (C=O) groups is 1. The number of carbonyl (C=O) groups excluding carboxylic acids is 1. The van der Waals surface area contributed by atoms with E-state index in [1.807, 2.05) is 13.8 Å². The molecule has 0 radical (unpaired) electrons. The van der Waals surface area contributed by atoms with Crippen LogP contribution in [0, 0.1) is 0 Å². The largest absolute Gasteiger partial charge is 0.490 e. The molecule has 4 nitrogen and oxygen atoms in total. The summed E-state index contributed by atoms with van der Waals surface area (Å²) < 4.78 is 11.0. The van der Waals surface area contributed by atoms with Crippen LogP contribution in [0.5, 0.6) is 11.5 Å². The van der Waals surface area contributed by atoms with Gasteiger partial charge in [0.05, 0.1) is 13.2 Å². The summed E-state index contributed by atoms with van der Waals surface area (Å²) in [5, 5.41) is 2.85. The summed E-state index contributed by atoms with van der Waals surface area (Å²) >= 11 is 0. The number of hydrogen-bond donors (Lipinski definition) is 1. The molecule has 1 aromatic rings. The van der Waals surface area contributed by atoms with Gasteiger partial charge in [-0.25, -0.2) is 0 Å². The molecule has 1 aliphatic heterocycles. The lowest BCUT2D eigenvalue weighted by molar-refractivity contribution is 0.0942. The molecule has 0 fully saturated rings. The van der Waals surface area contributed by atoms with Gasteiger partial charge in [0.15, 0.2) is 11.5 Å². The van der Waals surface area contributed by atoms with E-state index in [9.17, 15) is 4.79 Å². The van der Waals surface area contributed by atoms with Crippen molar-refractivity contribution in [1.82, 2.24) is 5.32 Å². The van der Waals surface area contributed by atoms with Crippen LogP contribution in [0.1, 0.15) is 30.6 Å². The van der Waals surface area contributed by atoms with Crippen molar-refractivity contribution in [2.75, 3.05) is 13.2 Å². The van der Waals surface area contributed by atoms with E-state index in [0.717, 1.165) is 6.42 Å². The molecule has 92 valence electrons. The average molecular weight is 235 g/mol. The van der Waals surface area contributed by atoms with E-state index in [1.54, 1.807) is 18.2 Å². The van der Waals surface area contributed by atoms with Crippen LogP contribution < -0.4 is 14.8 Å². The number of hydrogen-bond acceptors (Lipinski definition) is 3. The predicted molar refractivity (Wildman–Crippen MR) is 64.7 cm³/mol. The highest BCUT2D eigenvalue weighted by Gasteiger charge is 2.14. The summed E-state index contributed by atoms with van der Waals surface area (Å²) in [5.41, 5.74) is 0.600. The van der Waals surface area contributed by atoms with Crippen molar-refractivity contribution in [3.05, 3.63) is 23.8 Å². The van der Waals surface area contributed by atoms with Crippen molar-refractivity contribution < 1.29 is 14.3 Å². The molecule has 2 rings (SSSR count). The van der Waals surface area contributed by atoms with E-state index in [0.29, 0.717) is 30.3 Å². The SMILES string of the molecule is CC(C)NC(=O)c1ccc2c(c1)OCCCO2. The molecule has 1 aromatic carbocycles. The van der Waals surface area contributed by atoms with Crippen molar-refractivity contribution in [3.63, 3.8) is 0 Å². The van der Waals surface area contributed by atoms with Gasteiger partial charge in [-0.1, -0.05) is 0 Å². The number of amides is 1. The van der Waals surface area contributed by atoms with Crippen molar-refractivity contribution in [1.29, 1.82) is 0 Å². The maximum absolute atomic E-state index is 11.8. The van der Waals surface area contributed by atoms with Gasteiger partial charge in [-0.05, 0) is 32.0 Å². The fourth-order valence-corrected chi connectivity index (χ4v) is 1.65. The highest BCUT2D eigenvalue weighted by molar-refractivity contribution is 5.95. The lowest BCUT2D eigenvalue weighted by Gasteiger charge is -2.11. The summed E-state index contributed by atoms with van der Waals surface area (Å²) in [6.07, 6.45) is 0.863. The van der Waals surface area contributed by atoms with Crippen LogP contribution in [-0.4, -0.2) is 25.2 Å². The van der Waals surface area contributed by atoms with Gasteiger partial charge in [0.2, 0.25) is 0 Å². The molecule has 0 saturated carbocycles. The molecule has 17 heavy (non-hydrogen) atoms. The van der Waals surface area contributed by atoms with E-state index < -0.39 is 0 Å². The molecule has 0 aliphatic carbocycles. The second kappa shape index (κ2) is 5.08. The van der Waals surface area contributed by atoms with E-state index >= 15 is 0 Å². The fourth-order valence-electron chi connectivity index (χ4n) is 1.65. The zero-order valence-electron chi connectivity index (χ0n) is 10.2. The number of ether oxygens (including phenoxy) is 2. The molecule has 4 heteroatoms. The third kappa shape index (κ3) is 2.90. The first-order chi connectivity index (χ1) is 8.16. The van der Waals surface area contributed by atoms with Gasteiger partial charge in [-0.2, -0.15) is 0 Å². The molecular formula is C13H17NO3. The molecule has 1 N–H and O–H groups in total. The zero-order valence-corrected chi connectivity index (χ0v) is 10.2. The van der Waals surface area contributed by atoms with Crippen LogP contribution >= 0.6 is 0 Å². The smallest absolute Gasteiger partial charge is 0.251 e. The molecule has 0 aromatic heterocycles. The third-order valence-corrected chi connectivity index (χ3v) is 2.43. The summed E-state index contributed by atoms with van der Waals surface area (Å²) in [6.45, 7) is 5.15. The van der Waals surface area contributed by atoms with Crippen molar-refractivity contribution in [2.24, 2.45) is 0 Å². The number of fused-ring (bicyclic) bond motifs is 1. The predicted octanol–water partition coefficient (Wildman–Crippen LogP) is 1.99. The average Bonchev–Trinajstić information content (AvgIpc) is 2.51. The van der Waals surface area contributed by atoms with Crippen molar-refractivity contribution in [3.8, 4) is 11.5 Å². The molecule has 0 spiro atoms. The van der Waals surface area contributed by atoms with Crippen LogP contribution in [0.25, 0.3) is 0 Å². The van der Waals surface area contributed by atoms with Crippen LogP contribution in [0.4, 0.5) is 0 Å². The first-order valence-electron chi connectivity index (χ1n) is 5.87. The Kier molecular flexibility index (Phi) is 3.52. The van der Waals surface area contributed by atoms with Gasteiger partial charge < -0.3 is 14.8 Å². The van der Waals surface area contributed by atoms with E-state index in [2.05, 4.69) is 5.32 Å². The second-order valence-corrected chi connectivity index (χ2v) is 4.34. The Bertz CT molecular complexity index is 415. The Hall–Kier alpha value is -1.71. The topological polar surface area (TPSA) is 47.6 Å². The Morgan fingerprint density at radius 1 is 1.24 bits per heavy atom. The van der Waals surface area contributed by atoms with Crippen LogP contribution in [0.3, 0.4) is 0 Å². The van der Waals surface area contributed by atoms with Gasteiger partial charge in [0, 0.05) is 18.0 Å². The van der Waals surface area contributed by atoms with E-state index in [1.165, 1.54) is 0 Å². The van der Waals surface area contributed by atoms with Crippen molar-refractivity contribution >= 4 is 5.91 Å². The van der Waals surface area contributed by atoms with Crippen LogP contribution in [0.2, 0.25) is 0 Å². The summed E-state index contributed by atoms with van der Waals surface area (Å²) in [4.78, 5) is 11.8. The quantitative estimate of drug-likeness (QED) is 0.852. The molecule has 0 unspecified atom stereocenters.